The molecule has 56 valence electrons. The van der Waals surface area contributed by atoms with Crippen molar-refractivity contribution in [3.8, 4) is 0 Å². The Balaban J connectivity index is 2.90. The molecule has 0 N–H and O–H groups in total. The van der Waals surface area contributed by atoms with E-state index >= 15 is 0 Å². The lowest BCUT2D eigenvalue weighted by Gasteiger charge is -1.88. The van der Waals surface area contributed by atoms with Crippen LogP contribution in [0, 0.1) is 2.88 Å². The van der Waals surface area contributed by atoms with Gasteiger partial charge in [0.25, 0.3) is 0 Å². The molecule has 0 amide bonds. The summed E-state index contributed by atoms with van der Waals surface area (Å²) >= 11 is 9.82. The second-order valence-electron chi connectivity index (χ2n) is 2.07. The predicted molar refractivity (Wildman–Crippen MR) is 57.3 cm³/mol. The number of rotatable bonds is 0. The lowest BCUT2D eigenvalue weighted by molar-refractivity contribution is 1.37. The first kappa shape index (κ1) is 7.76. The van der Waals surface area contributed by atoms with Gasteiger partial charge < -0.3 is 0 Å². The fraction of sp³-hybridized carbons (Fsp3) is 0. The van der Waals surface area contributed by atoms with Gasteiger partial charge in [0.1, 0.15) is 5.15 Å². The summed E-state index contributed by atoms with van der Waals surface area (Å²) in [6, 6.07) is 4.08. The van der Waals surface area contributed by atoms with Crippen LogP contribution in [0.25, 0.3) is 10.1 Å². The van der Waals surface area contributed by atoms with Gasteiger partial charge in [0.15, 0.2) is 0 Å². The Kier molecular flexibility index (Phi) is 2.03. The zero-order valence-electron chi connectivity index (χ0n) is 5.34. The van der Waals surface area contributed by atoms with Crippen LogP contribution in [0.3, 0.4) is 0 Å². The Morgan fingerprint density at radius 3 is 3.09 bits per heavy atom. The normalized spacial score (nSPS) is 10.7. The van der Waals surface area contributed by atoms with E-state index in [-0.39, 0.29) is 0 Å². The van der Waals surface area contributed by atoms with Crippen molar-refractivity contribution < 1.29 is 0 Å². The third-order valence-corrected chi connectivity index (χ3v) is 3.68. The Hall–Kier alpha value is 0.130. The third-order valence-electron chi connectivity index (χ3n) is 1.36. The van der Waals surface area contributed by atoms with Gasteiger partial charge in [-0.05, 0) is 40.1 Å². The minimum atomic E-state index is 0.607. The number of thiophene rings is 1. The zero-order valence-corrected chi connectivity index (χ0v) is 9.07. The van der Waals surface area contributed by atoms with Crippen molar-refractivity contribution in [1.82, 2.24) is 4.98 Å². The molecule has 0 unspecified atom stereocenters. The number of fused-ring (bicyclic) bond motifs is 1. The van der Waals surface area contributed by atoms with E-state index in [9.17, 15) is 0 Å². The molecule has 2 rings (SSSR count). The molecule has 0 spiro atoms. The smallest absolute Gasteiger partial charge is 0.146 e. The van der Waals surface area contributed by atoms with Crippen LogP contribution in [0.15, 0.2) is 18.3 Å². The van der Waals surface area contributed by atoms with Gasteiger partial charge in [-0.15, -0.1) is 11.3 Å². The quantitative estimate of drug-likeness (QED) is 0.535. The van der Waals surface area contributed by atoms with Crippen LogP contribution in [-0.4, -0.2) is 4.98 Å². The highest BCUT2D eigenvalue weighted by atomic mass is 127. The largest absolute Gasteiger partial charge is 0.243 e. The second kappa shape index (κ2) is 2.88. The number of hydrogen-bond donors (Lipinski definition) is 0. The molecule has 2 aromatic rings. The van der Waals surface area contributed by atoms with E-state index in [1.165, 1.54) is 8.27 Å². The van der Waals surface area contributed by atoms with Crippen molar-refractivity contribution in [2.75, 3.05) is 0 Å². The first-order chi connectivity index (χ1) is 5.27. The standard InChI is InChI=1S/C7H3ClINS/c8-7-6-4(1-2-10-7)3-5(9)11-6/h1-3H. The van der Waals surface area contributed by atoms with Crippen LogP contribution < -0.4 is 0 Å². The molecule has 0 saturated heterocycles. The molecule has 0 fully saturated rings. The predicted octanol–water partition coefficient (Wildman–Crippen LogP) is 3.55. The SMILES string of the molecule is Clc1nccc2cc(I)sc12. The average Bonchev–Trinajstić information content (AvgIpc) is 2.31. The van der Waals surface area contributed by atoms with Crippen LogP contribution in [0.5, 0.6) is 0 Å². The first-order valence-electron chi connectivity index (χ1n) is 2.97. The first-order valence-corrected chi connectivity index (χ1v) is 5.24. The molecule has 0 aromatic carbocycles. The molecule has 0 bridgehead atoms. The Bertz CT molecular complexity index is 398. The third kappa shape index (κ3) is 1.37. The summed E-state index contributed by atoms with van der Waals surface area (Å²) in [6.45, 7) is 0. The van der Waals surface area contributed by atoms with Gasteiger partial charge in [0.2, 0.25) is 0 Å². The molecule has 0 saturated carbocycles. The number of nitrogens with zero attached hydrogens (tertiary/aromatic N) is 1. The summed E-state index contributed by atoms with van der Waals surface area (Å²) in [7, 11) is 0. The summed E-state index contributed by atoms with van der Waals surface area (Å²) in [5.41, 5.74) is 0. The van der Waals surface area contributed by atoms with Crippen molar-refractivity contribution >= 4 is 55.6 Å². The Labute approximate surface area is 86.5 Å². The Morgan fingerprint density at radius 1 is 1.55 bits per heavy atom. The van der Waals surface area contributed by atoms with E-state index in [1.54, 1.807) is 17.5 Å². The van der Waals surface area contributed by atoms with Crippen molar-refractivity contribution in [1.29, 1.82) is 0 Å². The van der Waals surface area contributed by atoms with Gasteiger partial charge in [-0.3, -0.25) is 0 Å². The maximum atomic E-state index is 5.87. The number of halogens is 2. The number of aromatic nitrogens is 1. The molecule has 0 aliphatic carbocycles. The van der Waals surface area contributed by atoms with Crippen LogP contribution in [-0.2, 0) is 0 Å². The van der Waals surface area contributed by atoms with Gasteiger partial charge in [-0.1, -0.05) is 11.6 Å². The summed E-state index contributed by atoms with van der Waals surface area (Å²) in [4.78, 5) is 3.99. The van der Waals surface area contributed by atoms with Crippen molar-refractivity contribution in [2.24, 2.45) is 0 Å². The summed E-state index contributed by atoms with van der Waals surface area (Å²) in [6.07, 6.45) is 1.73. The van der Waals surface area contributed by atoms with Crippen LogP contribution in [0.1, 0.15) is 0 Å². The highest BCUT2D eigenvalue weighted by Crippen LogP contribution is 2.30. The molecule has 0 aliphatic rings. The second-order valence-corrected chi connectivity index (χ2v) is 5.38. The molecule has 1 nitrogen and oxygen atoms in total. The van der Waals surface area contributed by atoms with E-state index in [1.807, 2.05) is 6.07 Å². The summed E-state index contributed by atoms with van der Waals surface area (Å²) < 4.78 is 2.33. The van der Waals surface area contributed by atoms with Crippen molar-refractivity contribution in [2.45, 2.75) is 0 Å². The van der Waals surface area contributed by atoms with Gasteiger partial charge in [-0.25, -0.2) is 4.98 Å². The fourth-order valence-corrected chi connectivity index (χ4v) is 2.94. The van der Waals surface area contributed by atoms with Gasteiger partial charge in [-0.2, -0.15) is 0 Å². The van der Waals surface area contributed by atoms with Crippen LogP contribution in [0.4, 0.5) is 0 Å². The lowest BCUT2D eigenvalue weighted by atomic mass is 10.3. The van der Waals surface area contributed by atoms with Gasteiger partial charge in [0.05, 0.1) is 7.58 Å². The van der Waals surface area contributed by atoms with Gasteiger partial charge in [0, 0.05) is 6.20 Å². The van der Waals surface area contributed by atoms with E-state index in [4.69, 9.17) is 11.6 Å². The molecule has 4 heteroatoms. The van der Waals surface area contributed by atoms with E-state index in [0.29, 0.717) is 5.15 Å². The summed E-state index contributed by atoms with van der Waals surface area (Å²) in [5.74, 6) is 0. The van der Waals surface area contributed by atoms with E-state index in [2.05, 4.69) is 33.6 Å². The topological polar surface area (TPSA) is 12.9 Å². The molecular weight excluding hydrogens is 293 g/mol. The minimum absolute atomic E-state index is 0.607. The molecular formula is C7H3ClINS. The molecule has 0 radical (unpaired) electrons. The van der Waals surface area contributed by atoms with E-state index < -0.39 is 0 Å². The number of pyridine rings is 1. The fourth-order valence-electron chi connectivity index (χ4n) is 0.900. The number of hydrogen-bond acceptors (Lipinski definition) is 2. The highest BCUT2D eigenvalue weighted by Gasteiger charge is 2.02. The highest BCUT2D eigenvalue weighted by molar-refractivity contribution is 14.1. The maximum Gasteiger partial charge on any atom is 0.146 e. The minimum Gasteiger partial charge on any atom is -0.243 e. The molecule has 2 heterocycles. The van der Waals surface area contributed by atoms with Gasteiger partial charge >= 0.3 is 0 Å². The zero-order chi connectivity index (χ0) is 7.84. The summed E-state index contributed by atoms with van der Waals surface area (Å²) in [5, 5.41) is 1.79. The molecule has 11 heavy (non-hydrogen) atoms. The van der Waals surface area contributed by atoms with Crippen LogP contribution >= 0.6 is 45.5 Å². The maximum absolute atomic E-state index is 5.87. The molecule has 2 aromatic heterocycles. The van der Waals surface area contributed by atoms with E-state index in [0.717, 1.165) is 4.70 Å². The van der Waals surface area contributed by atoms with Crippen molar-refractivity contribution in [3.63, 3.8) is 0 Å². The van der Waals surface area contributed by atoms with Crippen molar-refractivity contribution in [3.05, 3.63) is 26.4 Å². The lowest BCUT2D eigenvalue weighted by Crippen LogP contribution is -1.70. The van der Waals surface area contributed by atoms with Crippen LogP contribution in [0.2, 0.25) is 5.15 Å². The molecule has 0 aliphatic heterocycles. The molecule has 0 atom stereocenters. The monoisotopic (exact) mass is 295 g/mol. The average molecular weight is 296 g/mol. The Morgan fingerprint density at radius 2 is 2.36 bits per heavy atom.